The van der Waals surface area contributed by atoms with Crippen LogP contribution in [-0.2, 0) is 11.2 Å². The molecule has 0 saturated heterocycles. The summed E-state index contributed by atoms with van der Waals surface area (Å²) in [4.78, 5) is 22.4. The van der Waals surface area contributed by atoms with Crippen molar-refractivity contribution >= 4 is 46.6 Å². The lowest BCUT2D eigenvalue weighted by Gasteiger charge is -2.09. The van der Waals surface area contributed by atoms with Crippen molar-refractivity contribution in [2.75, 3.05) is 10.6 Å². The first-order valence-corrected chi connectivity index (χ1v) is 7.03. The number of carbonyl (C=O) groups is 2. The van der Waals surface area contributed by atoms with Crippen molar-refractivity contribution in [3.63, 3.8) is 0 Å². The van der Waals surface area contributed by atoms with Gasteiger partial charge in [-0.3, -0.25) is 4.79 Å². The average molecular weight is 339 g/mol. The van der Waals surface area contributed by atoms with Gasteiger partial charge in [-0.15, -0.1) is 0 Å². The van der Waals surface area contributed by atoms with E-state index in [1.807, 2.05) is 0 Å². The molecule has 114 valence electrons. The number of amides is 2. The molecule has 7 heteroatoms. The molecule has 3 N–H and O–H groups in total. The predicted molar refractivity (Wildman–Crippen MR) is 86.9 cm³/mol. The number of rotatable bonds is 4. The fraction of sp³-hybridized carbons (Fsp3) is 0.0667. The molecule has 0 atom stereocenters. The van der Waals surface area contributed by atoms with Crippen LogP contribution < -0.4 is 10.6 Å². The second-order valence-corrected chi connectivity index (χ2v) is 5.29. The van der Waals surface area contributed by atoms with Gasteiger partial charge in [0.1, 0.15) is 0 Å². The maximum absolute atomic E-state index is 11.8. The lowest BCUT2D eigenvalue weighted by molar-refractivity contribution is -0.136. The highest BCUT2D eigenvalue weighted by Crippen LogP contribution is 2.25. The Morgan fingerprint density at radius 3 is 2.09 bits per heavy atom. The molecule has 0 unspecified atom stereocenters. The highest BCUT2D eigenvalue weighted by atomic mass is 35.5. The lowest BCUT2D eigenvalue weighted by Crippen LogP contribution is -2.19. The van der Waals surface area contributed by atoms with Crippen molar-refractivity contribution in [3.05, 3.63) is 58.1 Å². The van der Waals surface area contributed by atoms with Gasteiger partial charge in [0.15, 0.2) is 0 Å². The minimum absolute atomic E-state index is 0.0598. The number of urea groups is 1. The summed E-state index contributed by atoms with van der Waals surface area (Å²) in [6, 6.07) is 10.9. The number of carboxylic acids is 1. The van der Waals surface area contributed by atoms with Gasteiger partial charge in [0.05, 0.1) is 16.5 Å². The molecular formula is C15H12Cl2N2O3. The van der Waals surface area contributed by atoms with E-state index in [-0.39, 0.29) is 6.42 Å². The van der Waals surface area contributed by atoms with Crippen molar-refractivity contribution in [2.24, 2.45) is 0 Å². The number of hydrogen-bond donors (Lipinski definition) is 3. The van der Waals surface area contributed by atoms with Gasteiger partial charge in [-0.05, 0) is 35.9 Å². The zero-order valence-corrected chi connectivity index (χ0v) is 12.8. The Balaban J connectivity index is 1.96. The van der Waals surface area contributed by atoms with Gasteiger partial charge in [-0.2, -0.15) is 0 Å². The first kappa shape index (κ1) is 16.1. The maximum atomic E-state index is 11.8. The van der Waals surface area contributed by atoms with Crippen LogP contribution in [0.2, 0.25) is 10.0 Å². The summed E-state index contributed by atoms with van der Waals surface area (Å²) >= 11 is 11.7. The van der Waals surface area contributed by atoms with E-state index in [0.717, 1.165) is 0 Å². The van der Waals surface area contributed by atoms with Gasteiger partial charge in [-0.25, -0.2) is 4.79 Å². The van der Waals surface area contributed by atoms with Gasteiger partial charge in [0, 0.05) is 11.4 Å². The normalized spacial score (nSPS) is 10.1. The second kappa shape index (κ2) is 7.15. The molecule has 2 aromatic rings. The van der Waals surface area contributed by atoms with Crippen LogP contribution in [0.5, 0.6) is 0 Å². The molecule has 22 heavy (non-hydrogen) atoms. The van der Waals surface area contributed by atoms with E-state index in [9.17, 15) is 9.59 Å². The molecule has 0 aliphatic carbocycles. The minimum Gasteiger partial charge on any atom is -0.481 e. The quantitative estimate of drug-likeness (QED) is 0.779. The van der Waals surface area contributed by atoms with Crippen molar-refractivity contribution in [2.45, 2.75) is 6.42 Å². The Morgan fingerprint density at radius 1 is 0.909 bits per heavy atom. The Labute approximate surface area is 136 Å². The molecule has 0 heterocycles. The van der Waals surface area contributed by atoms with Crippen LogP contribution in [0.3, 0.4) is 0 Å². The number of carbonyl (C=O) groups excluding carboxylic acids is 1. The van der Waals surface area contributed by atoms with Gasteiger partial charge < -0.3 is 15.7 Å². The zero-order valence-electron chi connectivity index (χ0n) is 11.3. The molecule has 2 rings (SSSR count). The van der Waals surface area contributed by atoms with Crippen molar-refractivity contribution in [3.8, 4) is 0 Å². The number of anilines is 2. The monoisotopic (exact) mass is 338 g/mol. The van der Waals surface area contributed by atoms with Crippen LogP contribution in [0.1, 0.15) is 5.56 Å². The Hall–Kier alpha value is -2.24. The van der Waals surface area contributed by atoms with Crippen LogP contribution in [-0.4, -0.2) is 17.1 Å². The summed E-state index contributed by atoms with van der Waals surface area (Å²) in [6.45, 7) is 0. The third kappa shape index (κ3) is 4.65. The Morgan fingerprint density at radius 2 is 1.50 bits per heavy atom. The van der Waals surface area contributed by atoms with E-state index in [0.29, 0.717) is 27.0 Å². The van der Waals surface area contributed by atoms with Crippen LogP contribution >= 0.6 is 23.2 Å². The molecule has 0 fully saturated rings. The van der Waals surface area contributed by atoms with E-state index in [1.165, 1.54) is 0 Å². The third-order valence-corrected chi connectivity index (χ3v) is 3.48. The summed E-state index contributed by atoms with van der Waals surface area (Å²) in [6.07, 6.45) is -0.0598. The van der Waals surface area contributed by atoms with E-state index in [4.69, 9.17) is 28.3 Å². The zero-order chi connectivity index (χ0) is 16.1. The van der Waals surface area contributed by atoms with Gasteiger partial charge in [0.25, 0.3) is 0 Å². The Kier molecular flexibility index (Phi) is 5.25. The molecule has 5 nitrogen and oxygen atoms in total. The summed E-state index contributed by atoms with van der Waals surface area (Å²) < 4.78 is 0. The molecule has 0 bridgehead atoms. The molecule has 0 aliphatic heterocycles. The molecular weight excluding hydrogens is 327 g/mol. The summed E-state index contributed by atoms with van der Waals surface area (Å²) in [5.41, 5.74) is 1.71. The molecule has 0 aliphatic rings. The highest BCUT2D eigenvalue weighted by molar-refractivity contribution is 6.42. The SMILES string of the molecule is O=C(O)Cc1ccc(NC(=O)Nc2ccc(Cl)c(Cl)c2)cc1. The third-order valence-electron chi connectivity index (χ3n) is 2.74. The van der Waals surface area contributed by atoms with Crippen molar-refractivity contribution in [1.82, 2.24) is 0 Å². The standard InChI is InChI=1S/C15H12Cl2N2O3/c16-12-6-5-11(8-13(12)17)19-15(22)18-10-3-1-9(2-4-10)7-14(20)21/h1-6,8H,7H2,(H,20,21)(H2,18,19,22). The average Bonchev–Trinajstić information content (AvgIpc) is 2.44. The highest BCUT2D eigenvalue weighted by Gasteiger charge is 2.06. The van der Waals surface area contributed by atoms with Gasteiger partial charge in [-0.1, -0.05) is 35.3 Å². The number of hydrogen-bond acceptors (Lipinski definition) is 2. The van der Waals surface area contributed by atoms with Crippen LogP contribution in [0.15, 0.2) is 42.5 Å². The topological polar surface area (TPSA) is 78.4 Å². The smallest absolute Gasteiger partial charge is 0.323 e. The van der Waals surface area contributed by atoms with Crippen LogP contribution in [0.4, 0.5) is 16.2 Å². The van der Waals surface area contributed by atoms with Crippen LogP contribution in [0, 0.1) is 0 Å². The number of nitrogens with one attached hydrogen (secondary N) is 2. The molecule has 0 spiro atoms. The van der Waals surface area contributed by atoms with Gasteiger partial charge >= 0.3 is 12.0 Å². The summed E-state index contributed by atoms with van der Waals surface area (Å²) in [5, 5.41) is 14.7. The maximum Gasteiger partial charge on any atom is 0.323 e. The molecule has 0 saturated carbocycles. The number of carboxylic acid groups (broad SMARTS) is 1. The Bertz CT molecular complexity index is 702. The van der Waals surface area contributed by atoms with E-state index < -0.39 is 12.0 Å². The summed E-state index contributed by atoms with van der Waals surface area (Å²) in [5.74, 6) is -0.905. The second-order valence-electron chi connectivity index (χ2n) is 4.48. The number of halogens is 2. The molecule has 2 aromatic carbocycles. The lowest BCUT2D eigenvalue weighted by atomic mass is 10.1. The van der Waals surface area contributed by atoms with Crippen LogP contribution in [0.25, 0.3) is 0 Å². The molecule has 0 radical (unpaired) electrons. The number of aliphatic carboxylic acids is 1. The molecule has 0 aromatic heterocycles. The van der Waals surface area contributed by atoms with Gasteiger partial charge in [0.2, 0.25) is 0 Å². The first-order valence-electron chi connectivity index (χ1n) is 6.28. The minimum atomic E-state index is -0.905. The van der Waals surface area contributed by atoms with E-state index in [1.54, 1.807) is 42.5 Å². The predicted octanol–water partition coefficient (Wildman–Crippen LogP) is 4.26. The molecule has 2 amide bonds. The van der Waals surface area contributed by atoms with Crippen molar-refractivity contribution in [1.29, 1.82) is 0 Å². The van der Waals surface area contributed by atoms with Crippen molar-refractivity contribution < 1.29 is 14.7 Å². The fourth-order valence-electron chi connectivity index (χ4n) is 1.75. The largest absolute Gasteiger partial charge is 0.481 e. The number of benzene rings is 2. The first-order chi connectivity index (χ1) is 10.4. The fourth-order valence-corrected chi connectivity index (χ4v) is 2.05. The van der Waals surface area contributed by atoms with E-state index in [2.05, 4.69) is 10.6 Å². The summed E-state index contributed by atoms with van der Waals surface area (Å²) in [7, 11) is 0. The van der Waals surface area contributed by atoms with E-state index >= 15 is 0 Å².